The Kier molecular flexibility index (Phi) is 17.6. The maximum absolute atomic E-state index is 11.2. The predicted molar refractivity (Wildman–Crippen MR) is 82.5 cm³/mol. The van der Waals surface area contributed by atoms with Crippen molar-refractivity contribution in [2.24, 2.45) is 17.7 Å². The Morgan fingerprint density at radius 1 is 0.895 bits per heavy atom. The molecule has 0 radical (unpaired) electrons. The fourth-order valence-corrected chi connectivity index (χ4v) is 0. The van der Waals surface area contributed by atoms with E-state index < -0.39 is 18.5 Å². The summed E-state index contributed by atoms with van der Waals surface area (Å²) >= 11 is 0. The highest BCUT2D eigenvalue weighted by Crippen LogP contribution is 2.24. The van der Waals surface area contributed by atoms with Crippen LogP contribution >= 0.6 is 0 Å². The molecular formula is C16H37F3. The van der Waals surface area contributed by atoms with Gasteiger partial charge in [-0.05, 0) is 11.8 Å². The van der Waals surface area contributed by atoms with E-state index in [4.69, 9.17) is 4.11 Å². The van der Waals surface area contributed by atoms with Crippen molar-refractivity contribution in [3.8, 4) is 0 Å². The summed E-state index contributed by atoms with van der Waals surface area (Å²) in [6, 6.07) is 0. The third-order valence-electron chi connectivity index (χ3n) is 1.01. The summed E-state index contributed by atoms with van der Waals surface area (Å²) in [5.41, 5.74) is 0. The van der Waals surface area contributed by atoms with E-state index in [9.17, 15) is 13.2 Å². The van der Waals surface area contributed by atoms with Crippen molar-refractivity contribution in [3.63, 3.8) is 0 Å². The summed E-state index contributed by atoms with van der Waals surface area (Å²) in [4.78, 5) is 0. The molecule has 0 saturated heterocycles. The first-order valence-electron chi connectivity index (χ1n) is 8.30. The van der Waals surface area contributed by atoms with Gasteiger partial charge in [0.1, 0.15) is 0 Å². The topological polar surface area (TPSA) is 0 Å². The molecule has 0 rings (SSSR count). The minimum absolute atomic E-state index is 0.250. The van der Waals surface area contributed by atoms with Crippen LogP contribution in [0.25, 0.3) is 0 Å². The maximum Gasteiger partial charge on any atom is 0.391 e. The summed E-state index contributed by atoms with van der Waals surface area (Å²) < 4.78 is 54.2. The van der Waals surface area contributed by atoms with Gasteiger partial charge in [-0.3, -0.25) is 0 Å². The van der Waals surface area contributed by atoms with E-state index in [0.717, 1.165) is 19.8 Å². The Morgan fingerprint density at radius 2 is 1.00 bits per heavy atom. The van der Waals surface area contributed by atoms with Crippen molar-refractivity contribution in [1.82, 2.24) is 0 Å². The second-order valence-corrected chi connectivity index (χ2v) is 5.64. The van der Waals surface area contributed by atoms with Crippen LogP contribution in [0.4, 0.5) is 13.2 Å². The maximum atomic E-state index is 11.2. The number of halogens is 3. The van der Waals surface area contributed by atoms with Gasteiger partial charge in [-0.2, -0.15) is 13.2 Å². The third-order valence-corrected chi connectivity index (χ3v) is 1.01. The lowest BCUT2D eigenvalue weighted by molar-refractivity contribution is -0.164. The largest absolute Gasteiger partial charge is 0.391 e. The normalized spacial score (nSPS) is 13.7. The van der Waals surface area contributed by atoms with Crippen molar-refractivity contribution in [2.75, 3.05) is 0 Å². The van der Waals surface area contributed by atoms with E-state index >= 15 is 0 Å². The Balaban J connectivity index is -0.000000100. The van der Waals surface area contributed by atoms with Gasteiger partial charge in [-0.1, -0.05) is 82.0 Å². The first-order chi connectivity index (χ1) is 9.24. The molecule has 0 N–H and O–H groups in total. The van der Waals surface area contributed by atoms with Gasteiger partial charge in [-0.15, -0.1) is 0 Å². The van der Waals surface area contributed by atoms with Gasteiger partial charge in [0.2, 0.25) is 0 Å². The van der Waals surface area contributed by atoms with E-state index in [1.54, 1.807) is 6.92 Å². The molecule has 0 spiro atoms. The van der Waals surface area contributed by atoms with Crippen LogP contribution in [0.3, 0.4) is 0 Å². The second kappa shape index (κ2) is 17.8. The van der Waals surface area contributed by atoms with E-state index in [1.165, 1.54) is 0 Å². The van der Waals surface area contributed by atoms with Crippen molar-refractivity contribution in [1.29, 1.82) is 0 Å². The number of alkyl halides is 3. The highest BCUT2D eigenvalue weighted by Gasteiger charge is 2.31. The summed E-state index contributed by atoms with van der Waals surface area (Å²) in [5.74, 6) is -0.618. The van der Waals surface area contributed by atoms with Crippen molar-refractivity contribution in [3.05, 3.63) is 0 Å². The summed E-state index contributed by atoms with van der Waals surface area (Å²) in [7, 11) is 0. The summed E-state index contributed by atoms with van der Waals surface area (Å²) in [5, 5.41) is 0. The molecule has 3 heteroatoms. The highest BCUT2D eigenvalue weighted by molar-refractivity contribution is 4.52. The average Bonchev–Trinajstić information content (AvgIpc) is 2.12. The smallest absolute Gasteiger partial charge is 0.171 e. The molecule has 0 atom stereocenters. The molecule has 19 heavy (non-hydrogen) atoms. The molecule has 0 aliphatic rings. The van der Waals surface area contributed by atoms with Gasteiger partial charge in [-0.25, -0.2) is 0 Å². The van der Waals surface area contributed by atoms with Gasteiger partial charge in [0.25, 0.3) is 0 Å². The summed E-state index contributed by atoms with van der Waals surface area (Å²) in [6.45, 7) is 17.7. The molecule has 0 bridgehead atoms. The van der Waals surface area contributed by atoms with Crippen LogP contribution in [0.2, 0.25) is 0 Å². The van der Waals surface area contributed by atoms with E-state index in [-0.39, 0.29) is 5.89 Å². The molecule has 0 aliphatic carbocycles. The number of hydrogen-bond donors (Lipinski definition) is 0. The van der Waals surface area contributed by atoms with Gasteiger partial charge in [0.05, 0.1) is 0 Å². The zero-order valence-electron chi connectivity index (χ0n) is 17.5. The Morgan fingerprint density at radius 3 is 1.00 bits per heavy atom. The molecule has 0 aromatic heterocycles. The molecule has 0 aliphatic heterocycles. The first-order valence-corrected chi connectivity index (χ1v) is 6.80. The van der Waals surface area contributed by atoms with Gasteiger partial charge < -0.3 is 0 Å². The lowest BCUT2D eigenvalue weighted by Gasteiger charge is -2.07. The first kappa shape index (κ1) is 18.8. The molecule has 0 aromatic rings. The van der Waals surface area contributed by atoms with Gasteiger partial charge in [0.15, 0.2) is 0 Å². The Hall–Kier alpha value is -0.210. The number of rotatable bonds is 1. The van der Waals surface area contributed by atoms with Gasteiger partial charge >= 0.3 is 6.18 Å². The lowest BCUT2D eigenvalue weighted by Crippen LogP contribution is -2.15. The molecule has 0 fully saturated rings. The molecule has 0 heterocycles. The molecular weight excluding hydrogens is 249 g/mol. The van der Waals surface area contributed by atoms with Crippen LogP contribution < -0.4 is 0 Å². The average molecular weight is 289 g/mol. The quantitative estimate of drug-likeness (QED) is 0.474. The highest BCUT2D eigenvalue weighted by atomic mass is 19.4. The van der Waals surface area contributed by atoms with Crippen molar-refractivity contribution < 1.29 is 17.3 Å². The number of hydrogen-bond acceptors (Lipinski definition) is 0. The molecule has 0 unspecified atom stereocenters. The van der Waals surface area contributed by atoms with Crippen LogP contribution in [-0.2, 0) is 0 Å². The van der Waals surface area contributed by atoms with Crippen LogP contribution in [0.1, 0.15) is 86.1 Å². The van der Waals surface area contributed by atoms with Crippen molar-refractivity contribution in [2.45, 2.75) is 88.2 Å². The molecule has 122 valence electrons. The van der Waals surface area contributed by atoms with E-state index in [1.807, 2.05) is 27.7 Å². The van der Waals surface area contributed by atoms with Crippen molar-refractivity contribution >= 4 is 0 Å². The Labute approximate surface area is 124 Å². The van der Waals surface area contributed by atoms with E-state index in [2.05, 4.69) is 20.8 Å². The van der Waals surface area contributed by atoms with Gasteiger partial charge in [0, 0.05) is 10.0 Å². The second-order valence-electron chi connectivity index (χ2n) is 5.64. The fraction of sp³-hybridized carbons (Fsp3) is 1.00. The van der Waals surface area contributed by atoms with Crippen LogP contribution in [0.5, 0.6) is 0 Å². The monoisotopic (exact) mass is 289 g/mol. The molecule has 0 saturated carbocycles. The molecule has 0 nitrogen and oxygen atoms in total. The molecule has 0 aromatic carbocycles. The lowest BCUT2D eigenvalue weighted by atomic mass is 10.2. The molecule has 0 amide bonds. The van der Waals surface area contributed by atoms with E-state index in [0.29, 0.717) is 6.42 Å². The minimum atomic E-state index is -4.00. The van der Waals surface area contributed by atoms with Crippen LogP contribution in [0.15, 0.2) is 0 Å². The zero-order valence-corrected chi connectivity index (χ0v) is 14.5. The third kappa shape index (κ3) is 96.2. The fourth-order valence-electron chi connectivity index (χ4n) is 0. The zero-order chi connectivity index (χ0) is 19.4. The SMILES string of the molecule is CC(C)C.CC(C)C(F)(F)F.[2H]C(C)(C)C.[2H]C([2H])(C)CC. The Bertz CT molecular complexity index is 216. The predicted octanol–water partition coefficient (Wildman–Crippen LogP) is 7.34. The minimum Gasteiger partial charge on any atom is -0.171 e. The standard InChI is InChI=1S/C4H7F3.3C4H10/c1-3(2)4(5,6)7;2*1-4(2)3;1-3-4-2/h3H,1-2H3;2*4H,1-3H3;3-4H2,1-2H3/i;4D;;3D2. The van der Waals surface area contributed by atoms with Crippen LogP contribution in [0, 0.1) is 17.7 Å². The van der Waals surface area contributed by atoms with Crippen LogP contribution in [-0.4, -0.2) is 6.18 Å². The summed E-state index contributed by atoms with van der Waals surface area (Å²) in [6.07, 6.45) is -4.35.